The van der Waals surface area contributed by atoms with Gasteiger partial charge < -0.3 is 9.67 Å². The van der Waals surface area contributed by atoms with Crippen molar-refractivity contribution in [3.8, 4) is 0 Å². The minimum absolute atomic E-state index is 0.0751. The number of hydrogen-bond acceptors (Lipinski definition) is 4. The van der Waals surface area contributed by atoms with Crippen molar-refractivity contribution >= 4 is 27.6 Å². The third-order valence-corrected chi connectivity index (χ3v) is 3.32. The van der Waals surface area contributed by atoms with E-state index in [1.54, 1.807) is 12.1 Å². The number of nitro groups is 1. The van der Waals surface area contributed by atoms with Gasteiger partial charge in [0, 0.05) is 12.7 Å². The highest BCUT2D eigenvalue weighted by Crippen LogP contribution is 2.13. The fourth-order valence-electron chi connectivity index (χ4n) is 1.81. The van der Waals surface area contributed by atoms with E-state index >= 15 is 0 Å². The smallest absolute Gasteiger partial charge is 0.335 e. The van der Waals surface area contributed by atoms with Gasteiger partial charge in [0.25, 0.3) is 5.43 Å². The van der Waals surface area contributed by atoms with Crippen LogP contribution in [0.4, 0.5) is 5.69 Å². The van der Waals surface area contributed by atoms with Crippen LogP contribution in [0, 0.1) is 10.1 Å². The Kier molecular flexibility index (Phi) is 4.18. The molecule has 0 spiro atoms. The maximum absolute atomic E-state index is 11.6. The summed E-state index contributed by atoms with van der Waals surface area (Å²) < 4.78 is 1.52. The number of hydrogen-bond donors (Lipinski definition) is 1. The van der Waals surface area contributed by atoms with Crippen LogP contribution in [0.1, 0.15) is 15.9 Å². The summed E-state index contributed by atoms with van der Waals surface area (Å²) in [5, 5.41) is 19.7. The fraction of sp³-hybridized carbons (Fsp3) is 0.0769. The summed E-state index contributed by atoms with van der Waals surface area (Å²) in [5.74, 6) is -1.05. The van der Waals surface area contributed by atoms with Crippen molar-refractivity contribution in [3.05, 3.63) is 72.6 Å². The van der Waals surface area contributed by atoms with Gasteiger partial charge in [-0.25, -0.2) is 4.79 Å². The third-order valence-electron chi connectivity index (χ3n) is 2.75. The van der Waals surface area contributed by atoms with E-state index in [9.17, 15) is 19.7 Å². The molecule has 2 aromatic rings. The summed E-state index contributed by atoms with van der Waals surface area (Å²) in [6, 6.07) is 6.21. The van der Waals surface area contributed by atoms with E-state index in [4.69, 9.17) is 5.11 Å². The van der Waals surface area contributed by atoms with E-state index in [1.165, 1.54) is 22.9 Å². The Morgan fingerprint density at radius 2 is 2.10 bits per heavy atom. The maximum Gasteiger partial charge on any atom is 0.335 e. The van der Waals surface area contributed by atoms with E-state index in [1.807, 2.05) is 0 Å². The number of pyridine rings is 1. The number of nitrogens with zero attached hydrogens (tertiary/aromatic N) is 2. The molecule has 0 saturated carbocycles. The number of carbonyl (C=O) groups is 1. The molecule has 7 nitrogen and oxygen atoms in total. The van der Waals surface area contributed by atoms with Gasteiger partial charge in [-0.05, 0) is 33.6 Å². The van der Waals surface area contributed by atoms with Gasteiger partial charge in [-0.1, -0.05) is 12.1 Å². The highest BCUT2D eigenvalue weighted by molar-refractivity contribution is 9.10. The van der Waals surface area contributed by atoms with Crippen molar-refractivity contribution in [3.63, 3.8) is 0 Å². The zero-order valence-corrected chi connectivity index (χ0v) is 12.1. The van der Waals surface area contributed by atoms with Crippen LogP contribution in [-0.2, 0) is 6.54 Å². The normalized spacial score (nSPS) is 10.3. The first-order valence-electron chi connectivity index (χ1n) is 5.74. The average Bonchev–Trinajstić information content (AvgIpc) is 2.42. The molecule has 0 amide bonds. The molecule has 1 N–H and O–H groups in total. The molecule has 8 heteroatoms. The lowest BCUT2D eigenvalue weighted by Gasteiger charge is -2.08. The van der Waals surface area contributed by atoms with Crippen molar-refractivity contribution in [2.45, 2.75) is 6.54 Å². The molecule has 0 atom stereocenters. The van der Waals surface area contributed by atoms with Gasteiger partial charge in [0.1, 0.15) is 0 Å². The van der Waals surface area contributed by atoms with Gasteiger partial charge in [-0.15, -0.1) is 0 Å². The monoisotopic (exact) mass is 352 g/mol. The topological polar surface area (TPSA) is 102 Å². The Bertz CT molecular complexity index is 784. The van der Waals surface area contributed by atoms with Gasteiger partial charge >= 0.3 is 11.7 Å². The van der Waals surface area contributed by atoms with Gasteiger partial charge in [-0.3, -0.25) is 14.9 Å². The third kappa shape index (κ3) is 3.34. The standard InChI is InChI=1S/C13H9BrN2O5/c14-10-6-15(7-11(12(10)17)16(20)21)5-8-2-1-3-9(4-8)13(18)19/h1-4,6-7H,5H2,(H,18,19). The fourth-order valence-corrected chi connectivity index (χ4v) is 2.28. The lowest BCUT2D eigenvalue weighted by molar-refractivity contribution is -0.386. The zero-order valence-electron chi connectivity index (χ0n) is 10.5. The molecule has 0 fully saturated rings. The molecule has 0 aliphatic rings. The van der Waals surface area contributed by atoms with Crippen molar-refractivity contribution in [2.75, 3.05) is 0 Å². The van der Waals surface area contributed by atoms with Gasteiger partial charge in [0.05, 0.1) is 21.2 Å². The van der Waals surface area contributed by atoms with Crippen molar-refractivity contribution < 1.29 is 14.8 Å². The van der Waals surface area contributed by atoms with Crippen LogP contribution < -0.4 is 5.43 Å². The lowest BCUT2D eigenvalue weighted by atomic mass is 10.1. The first-order valence-corrected chi connectivity index (χ1v) is 6.54. The van der Waals surface area contributed by atoms with Gasteiger partial charge in [0.2, 0.25) is 0 Å². The van der Waals surface area contributed by atoms with Crippen LogP contribution in [0.25, 0.3) is 0 Å². The molecule has 0 aliphatic heterocycles. The number of carboxylic acids is 1. The minimum atomic E-state index is -1.05. The summed E-state index contributed by atoms with van der Waals surface area (Å²) in [7, 11) is 0. The molecular weight excluding hydrogens is 344 g/mol. The number of benzene rings is 1. The summed E-state index contributed by atoms with van der Waals surface area (Å²) in [6.07, 6.45) is 2.54. The van der Waals surface area contributed by atoms with Gasteiger partial charge in [-0.2, -0.15) is 0 Å². The molecule has 1 heterocycles. The van der Waals surface area contributed by atoms with Crippen LogP contribution in [0.2, 0.25) is 0 Å². The molecular formula is C13H9BrN2O5. The molecule has 0 unspecified atom stereocenters. The SMILES string of the molecule is O=C(O)c1cccc(Cn2cc(Br)c(=O)c([N+](=O)[O-])c2)c1. The van der Waals surface area contributed by atoms with E-state index in [0.29, 0.717) is 5.56 Å². The summed E-state index contributed by atoms with van der Waals surface area (Å²) in [5.41, 5.74) is -0.462. The van der Waals surface area contributed by atoms with Crippen LogP contribution in [0.15, 0.2) is 45.9 Å². The minimum Gasteiger partial charge on any atom is -0.478 e. The summed E-state index contributed by atoms with van der Waals surface area (Å²) in [4.78, 5) is 32.5. The molecule has 0 aliphatic carbocycles. The Morgan fingerprint density at radius 3 is 2.71 bits per heavy atom. The van der Waals surface area contributed by atoms with Gasteiger partial charge in [0.15, 0.2) is 0 Å². The van der Waals surface area contributed by atoms with E-state index in [2.05, 4.69) is 15.9 Å². The quantitative estimate of drug-likeness (QED) is 0.671. The van der Waals surface area contributed by atoms with Crippen molar-refractivity contribution in [1.29, 1.82) is 0 Å². The Hall–Kier alpha value is -2.48. The number of carboxylic acid groups (broad SMARTS) is 1. The molecule has 1 aromatic carbocycles. The first-order chi connectivity index (χ1) is 9.88. The van der Waals surface area contributed by atoms with Crippen LogP contribution >= 0.6 is 15.9 Å². The number of rotatable bonds is 4. The number of aromatic carboxylic acids is 1. The number of aromatic nitrogens is 1. The van der Waals surface area contributed by atoms with Crippen LogP contribution in [0.3, 0.4) is 0 Å². The largest absolute Gasteiger partial charge is 0.478 e. The molecule has 108 valence electrons. The average molecular weight is 353 g/mol. The molecule has 2 rings (SSSR count). The van der Waals surface area contributed by atoms with Crippen molar-refractivity contribution in [2.24, 2.45) is 0 Å². The van der Waals surface area contributed by atoms with Crippen molar-refractivity contribution in [1.82, 2.24) is 4.57 Å². The maximum atomic E-state index is 11.6. The second-order valence-electron chi connectivity index (χ2n) is 4.26. The Morgan fingerprint density at radius 1 is 1.38 bits per heavy atom. The second-order valence-corrected chi connectivity index (χ2v) is 5.11. The lowest BCUT2D eigenvalue weighted by Crippen LogP contribution is -2.13. The summed E-state index contributed by atoms with van der Waals surface area (Å²) in [6.45, 7) is 0.209. The molecule has 21 heavy (non-hydrogen) atoms. The Balaban J connectivity index is 2.40. The first kappa shape index (κ1) is 14.9. The van der Waals surface area contributed by atoms with E-state index in [-0.39, 0.29) is 16.6 Å². The highest BCUT2D eigenvalue weighted by atomic mass is 79.9. The number of halogens is 1. The van der Waals surface area contributed by atoms with E-state index in [0.717, 1.165) is 6.20 Å². The molecule has 1 aromatic heterocycles. The predicted octanol–water partition coefficient (Wildman–Crippen LogP) is 2.27. The highest BCUT2D eigenvalue weighted by Gasteiger charge is 2.16. The van der Waals surface area contributed by atoms with E-state index < -0.39 is 22.0 Å². The molecule has 0 bridgehead atoms. The Labute approximate surface area is 126 Å². The zero-order chi connectivity index (χ0) is 15.6. The van der Waals surface area contributed by atoms with Crippen LogP contribution in [0.5, 0.6) is 0 Å². The second kappa shape index (κ2) is 5.88. The summed E-state index contributed by atoms with van der Waals surface area (Å²) >= 11 is 2.98. The molecule has 0 radical (unpaired) electrons. The predicted molar refractivity (Wildman–Crippen MR) is 77.6 cm³/mol. The molecule has 0 saturated heterocycles. The van der Waals surface area contributed by atoms with Crippen LogP contribution in [-0.4, -0.2) is 20.6 Å².